The smallest absolute Gasteiger partial charge is 0.270 e. The van der Waals surface area contributed by atoms with Crippen LogP contribution in [0.1, 0.15) is 51.0 Å². The molecule has 0 aliphatic carbocycles. The molecule has 1 fully saturated rings. The molecule has 6 rings (SSSR count). The van der Waals surface area contributed by atoms with Gasteiger partial charge in [-0.3, -0.25) is 19.8 Å². The van der Waals surface area contributed by atoms with Crippen molar-refractivity contribution in [3.8, 4) is 11.1 Å². The third-order valence-corrected chi connectivity index (χ3v) is 8.02. The lowest BCUT2D eigenvalue weighted by molar-refractivity contribution is 0.0383. The Labute approximate surface area is 261 Å². The number of aromatic amines is 1. The highest BCUT2D eigenvalue weighted by molar-refractivity contribution is 6.08. The van der Waals surface area contributed by atoms with E-state index < -0.39 is 0 Å². The standard InChI is InChI=1S/C33H37N9O3/c1-3-6-29-35-30-22(2)19-25(31(43)34-13-14-41-15-17-45-18-16-41)20-28(30)42(29)21-23-9-11-24(12-10-23)26-7-4-5-8-27(26)32(44)36-33-37-39-40-38-33/h4-5,7-12,19-20H,3,6,13-18,21H2,1-2H3,(H,34,43)(H2,36,37,38,39,40,44). The third kappa shape index (κ3) is 6.92. The number of aryl methyl sites for hydroxylation is 2. The van der Waals surface area contributed by atoms with Crippen LogP contribution in [0.25, 0.3) is 22.2 Å². The van der Waals surface area contributed by atoms with Gasteiger partial charge in [0.2, 0.25) is 0 Å². The average molecular weight is 608 g/mol. The topological polar surface area (TPSA) is 143 Å². The Balaban J connectivity index is 1.22. The van der Waals surface area contributed by atoms with Crippen LogP contribution < -0.4 is 10.6 Å². The molecule has 2 aromatic heterocycles. The third-order valence-electron chi connectivity index (χ3n) is 8.02. The minimum atomic E-state index is -0.318. The highest BCUT2D eigenvalue weighted by Crippen LogP contribution is 2.27. The second kappa shape index (κ2) is 13.8. The SMILES string of the molecule is CCCc1nc2c(C)cc(C(=O)NCCN3CCOCC3)cc2n1Cc1ccc(-c2ccccc2C(=O)Nc2nn[nH]n2)cc1. The molecule has 1 saturated heterocycles. The summed E-state index contributed by atoms with van der Waals surface area (Å²) in [5.41, 5.74) is 6.78. The number of aromatic nitrogens is 6. The molecule has 12 heteroatoms. The molecule has 232 valence electrons. The van der Waals surface area contributed by atoms with Gasteiger partial charge in [0.15, 0.2) is 0 Å². The molecule has 0 unspecified atom stereocenters. The number of hydrogen-bond acceptors (Lipinski definition) is 8. The van der Waals surface area contributed by atoms with Crippen molar-refractivity contribution in [2.45, 2.75) is 33.2 Å². The van der Waals surface area contributed by atoms with Crippen molar-refractivity contribution in [3.63, 3.8) is 0 Å². The molecule has 0 radical (unpaired) electrons. The minimum Gasteiger partial charge on any atom is -0.379 e. The van der Waals surface area contributed by atoms with E-state index in [1.807, 2.05) is 49.4 Å². The Bertz CT molecular complexity index is 1780. The Morgan fingerprint density at radius 1 is 1.02 bits per heavy atom. The lowest BCUT2D eigenvalue weighted by atomic mass is 9.98. The summed E-state index contributed by atoms with van der Waals surface area (Å²) in [6.07, 6.45) is 1.79. The maximum atomic E-state index is 13.2. The maximum absolute atomic E-state index is 13.2. The molecule has 3 N–H and O–H groups in total. The summed E-state index contributed by atoms with van der Waals surface area (Å²) in [4.78, 5) is 33.5. The van der Waals surface area contributed by atoms with Gasteiger partial charge in [-0.2, -0.15) is 5.21 Å². The Morgan fingerprint density at radius 2 is 1.82 bits per heavy atom. The molecule has 5 aromatic rings. The lowest BCUT2D eigenvalue weighted by Crippen LogP contribution is -2.41. The molecular weight excluding hydrogens is 570 g/mol. The van der Waals surface area contributed by atoms with E-state index in [4.69, 9.17) is 9.72 Å². The molecule has 1 aliphatic heterocycles. The largest absolute Gasteiger partial charge is 0.379 e. The quantitative estimate of drug-likeness (QED) is 0.206. The van der Waals surface area contributed by atoms with Crippen LogP contribution >= 0.6 is 0 Å². The van der Waals surface area contributed by atoms with Crippen molar-refractivity contribution >= 4 is 28.8 Å². The summed E-state index contributed by atoms with van der Waals surface area (Å²) in [5.74, 6) is 0.711. The van der Waals surface area contributed by atoms with E-state index in [-0.39, 0.29) is 17.8 Å². The van der Waals surface area contributed by atoms with Crippen molar-refractivity contribution in [2.75, 3.05) is 44.7 Å². The number of fused-ring (bicyclic) bond motifs is 1. The van der Waals surface area contributed by atoms with Crippen LogP contribution in [0.4, 0.5) is 5.95 Å². The van der Waals surface area contributed by atoms with Gasteiger partial charge in [0.1, 0.15) is 5.82 Å². The van der Waals surface area contributed by atoms with E-state index in [0.29, 0.717) is 24.2 Å². The summed E-state index contributed by atoms with van der Waals surface area (Å²) >= 11 is 0. The Hall–Kier alpha value is -4.94. The van der Waals surface area contributed by atoms with Crippen LogP contribution in [0.5, 0.6) is 0 Å². The van der Waals surface area contributed by atoms with Crippen molar-refractivity contribution < 1.29 is 14.3 Å². The van der Waals surface area contributed by atoms with E-state index in [0.717, 1.165) is 84.8 Å². The number of ether oxygens (including phenoxy) is 1. The van der Waals surface area contributed by atoms with Crippen LogP contribution in [0.3, 0.4) is 0 Å². The minimum absolute atomic E-state index is 0.0792. The molecule has 0 saturated carbocycles. The predicted molar refractivity (Wildman–Crippen MR) is 171 cm³/mol. The zero-order chi connectivity index (χ0) is 31.2. The number of hydrogen-bond donors (Lipinski definition) is 3. The van der Waals surface area contributed by atoms with Crippen molar-refractivity contribution in [1.82, 2.24) is 40.4 Å². The van der Waals surface area contributed by atoms with Crippen LogP contribution in [0.2, 0.25) is 0 Å². The molecule has 3 aromatic carbocycles. The van der Waals surface area contributed by atoms with Crippen LogP contribution in [0, 0.1) is 6.92 Å². The Morgan fingerprint density at radius 3 is 2.58 bits per heavy atom. The summed E-state index contributed by atoms with van der Waals surface area (Å²) in [7, 11) is 0. The first-order valence-corrected chi connectivity index (χ1v) is 15.3. The van der Waals surface area contributed by atoms with E-state index in [2.05, 4.69) is 59.8 Å². The fourth-order valence-electron chi connectivity index (χ4n) is 5.71. The van der Waals surface area contributed by atoms with Gasteiger partial charge >= 0.3 is 0 Å². The summed E-state index contributed by atoms with van der Waals surface area (Å²) in [6, 6.07) is 19.5. The number of rotatable bonds is 11. The van der Waals surface area contributed by atoms with Gasteiger partial charge in [-0.1, -0.05) is 54.5 Å². The summed E-state index contributed by atoms with van der Waals surface area (Å²) < 4.78 is 7.64. The van der Waals surface area contributed by atoms with Gasteiger partial charge in [-0.15, -0.1) is 5.10 Å². The van der Waals surface area contributed by atoms with Crippen LogP contribution in [0.15, 0.2) is 60.7 Å². The molecule has 0 bridgehead atoms. The summed E-state index contributed by atoms with van der Waals surface area (Å²) in [6.45, 7) is 9.42. The maximum Gasteiger partial charge on any atom is 0.270 e. The zero-order valence-corrected chi connectivity index (χ0v) is 25.5. The molecule has 0 atom stereocenters. The Kier molecular flexibility index (Phi) is 9.22. The van der Waals surface area contributed by atoms with Gasteiger partial charge in [0.25, 0.3) is 17.8 Å². The second-order valence-electron chi connectivity index (χ2n) is 11.2. The zero-order valence-electron chi connectivity index (χ0n) is 25.5. The fourth-order valence-corrected chi connectivity index (χ4v) is 5.71. The number of carbonyl (C=O) groups is 2. The molecular formula is C33H37N9O3. The van der Waals surface area contributed by atoms with Crippen molar-refractivity contribution in [1.29, 1.82) is 0 Å². The van der Waals surface area contributed by atoms with Gasteiger partial charge in [-0.25, -0.2) is 4.98 Å². The molecule has 0 spiro atoms. The first-order valence-electron chi connectivity index (χ1n) is 15.3. The molecule has 1 aliphatic rings. The number of H-pyrrole nitrogens is 1. The number of morpholine rings is 1. The van der Waals surface area contributed by atoms with Gasteiger partial charge < -0.3 is 14.6 Å². The number of imidazole rings is 1. The van der Waals surface area contributed by atoms with E-state index in [1.165, 1.54) is 0 Å². The highest BCUT2D eigenvalue weighted by atomic mass is 16.5. The number of amides is 2. The van der Waals surface area contributed by atoms with E-state index >= 15 is 0 Å². The van der Waals surface area contributed by atoms with Crippen LogP contribution in [-0.4, -0.2) is 86.3 Å². The number of nitrogens with zero attached hydrogens (tertiary/aromatic N) is 6. The van der Waals surface area contributed by atoms with E-state index in [9.17, 15) is 9.59 Å². The normalized spacial score (nSPS) is 13.6. The van der Waals surface area contributed by atoms with Gasteiger partial charge in [0, 0.05) is 50.3 Å². The van der Waals surface area contributed by atoms with Crippen molar-refractivity contribution in [2.24, 2.45) is 0 Å². The second-order valence-corrected chi connectivity index (χ2v) is 11.2. The van der Waals surface area contributed by atoms with Gasteiger partial charge in [0.05, 0.1) is 24.2 Å². The monoisotopic (exact) mass is 607 g/mol. The van der Waals surface area contributed by atoms with E-state index in [1.54, 1.807) is 6.07 Å². The number of carbonyl (C=O) groups excluding carboxylic acids is 2. The van der Waals surface area contributed by atoms with Gasteiger partial charge in [-0.05, 0) is 59.0 Å². The lowest BCUT2D eigenvalue weighted by Gasteiger charge is -2.26. The molecule has 3 heterocycles. The number of anilines is 1. The van der Waals surface area contributed by atoms with Crippen molar-refractivity contribution in [3.05, 3.63) is 88.7 Å². The number of tetrazole rings is 1. The molecule has 2 amide bonds. The molecule has 12 nitrogen and oxygen atoms in total. The first kappa shape index (κ1) is 30.1. The highest BCUT2D eigenvalue weighted by Gasteiger charge is 2.18. The van der Waals surface area contributed by atoms with Crippen LogP contribution in [-0.2, 0) is 17.7 Å². The fraction of sp³-hybridized carbons (Fsp3) is 0.333. The predicted octanol–water partition coefficient (Wildman–Crippen LogP) is 3.84. The number of benzene rings is 3. The molecule has 45 heavy (non-hydrogen) atoms. The summed E-state index contributed by atoms with van der Waals surface area (Å²) in [5, 5.41) is 19.2. The first-order chi connectivity index (χ1) is 22.0. The number of nitrogens with one attached hydrogen (secondary N) is 3. The average Bonchev–Trinajstić information content (AvgIpc) is 3.70.